The van der Waals surface area contributed by atoms with Gasteiger partial charge in [-0.3, -0.25) is 4.79 Å². The fourth-order valence-corrected chi connectivity index (χ4v) is 1.13. The Labute approximate surface area is 105 Å². The first-order chi connectivity index (χ1) is 8.51. The SMILES string of the molecule is CNCCCNC(=O)N[C@@H](CC(=O)OC)C(=O)O. The van der Waals surface area contributed by atoms with Crippen molar-refractivity contribution in [2.75, 3.05) is 27.2 Å². The summed E-state index contributed by atoms with van der Waals surface area (Å²) in [5.41, 5.74) is 0. The van der Waals surface area contributed by atoms with Crippen LogP contribution in [0.25, 0.3) is 0 Å². The van der Waals surface area contributed by atoms with E-state index in [-0.39, 0.29) is 0 Å². The van der Waals surface area contributed by atoms with Crippen LogP contribution in [-0.2, 0) is 14.3 Å². The van der Waals surface area contributed by atoms with Gasteiger partial charge in [0.05, 0.1) is 13.5 Å². The molecule has 0 aromatic rings. The molecule has 0 spiro atoms. The van der Waals surface area contributed by atoms with E-state index in [4.69, 9.17) is 5.11 Å². The van der Waals surface area contributed by atoms with Gasteiger partial charge in [0.15, 0.2) is 0 Å². The van der Waals surface area contributed by atoms with E-state index < -0.39 is 30.4 Å². The maximum atomic E-state index is 11.3. The number of ether oxygens (including phenoxy) is 1. The summed E-state index contributed by atoms with van der Waals surface area (Å²) in [5.74, 6) is -1.98. The number of carbonyl (C=O) groups is 3. The number of urea groups is 1. The monoisotopic (exact) mass is 261 g/mol. The molecule has 104 valence electrons. The maximum absolute atomic E-state index is 11.3. The average molecular weight is 261 g/mol. The van der Waals surface area contributed by atoms with Gasteiger partial charge >= 0.3 is 18.0 Å². The van der Waals surface area contributed by atoms with Gasteiger partial charge in [-0.2, -0.15) is 0 Å². The van der Waals surface area contributed by atoms with Gasteiger partial charge in [0.25, 0.3) is 0 Å². The van der Waals surface area contributed by atoms with Crippen LogP contribution in [0.15, 0.2) is 0 Å². The number of amides is 2. The van der Waals surface area contributed by atoms with Crippen LogP contribution in [0.2, 0.25) is 0 Å². The minimum atomic E-state index is -1.29. The Morgan fingerprint density at radius 2 is 1.94 bits per heavy atom. The van der Waals surface area contributed by atoms with Crippen molar-refractivity contribution in [1.82, 2.24) is 16.0 Å². The molecule has 0 aliphatic rings. The molecule has 0 bridgehead atoms. The average Bonchev–Trinajstić information content (AvgIpc) is 2.33. The molecule has 2 amide bonds. The number of carbonyl (C=O) groups excluding carboxylic acids is 2. The topological polar surface area (TPSA) is 117 Å². The maximum Gasteiger partial charge on any atom is 0.326 e. The molecular formula is C10H19N3O5. The van der Waals surface area contributed by atoms with Crippen LogP contribution >= 0.6 is 0 Å². The van der Waals surface area contributed by atoms with Crippen molar-refractivity contribution in [2.24, 2.45) is 0 Å². The highest BCUT2D eigenvalue weighted by molar-refractivity contribution is 5.86. The molecule has 0 saturated heterocycles. The molecule has 1 atom stereocenters. The first-order valence-electron chi connectivity index (χ1n) is 5.49. The fraction of sp³-hybridized carbons (Fsp3) is 0.700. The first-order valence-corrected chi connectivity index (χ1v) is 5.49. The largest absolute Gasteiger partial charge is 0.480 e. The number of aliphatic carboxylic acids is 1. The van der Waals surface area contributed by atoms with Crippen LogP contribution in [0.1, 0.15) is 12.8 Å². The highest BCUT2D eigenvalue weighted by atomic mass is 16.5. The van der Waals surface area contributed by atoms with E-state index in [1.54, 1.807) is 7.05 Å². The minimum Gasteiger partial charge on any atom is -0.480 e. The van der Waals surface area contributed by atoms with Crippen molar-refractivity contribution < 1.29 is 24.2 Å². The minimum absolute atomic E-state index is 0.407. The Morgan fingerprint density at radius 1 is 1.28 bits per heavy atom. The Kier molecular flexibility index (Phi) is 8.29. The van der Waals surface area contributed by atoms with Crippen molar-refractivity contribution in [3.05, 3.63) is 0 Å². The number of nitrogens with one attached hydrogen (secondary N) is 3. The van der Waals surface area contributed by atoms with E-state index in [2.05, 4.69) is 20.7 Å². The second-order valence-electron chi connectivity index (χ2n) is 3.53. The first kappa shape index (κ1) is 16.2. The number of carboxylic acid groups (broad SMARTS) is 1. The van der Waals surface area contributed by atoms with Crippen molar-refractivity contribution in [3.63, 3.8) is 0 Å². The van der Waals surface area contributed by atoms with Gasteiger partial charge < -0.3 is 25.8 Å². The van der Waals surface area contributed by atoms with E-state index in [9.17, 15) is 14.4 Å². The zero-order chi connectivity index (χ0) is 14.0. The number of rotatable bonds is 8. The summed E-state index contributed by atoms with van der Waals surface area (Å²) in [5, 5.41) is 16.4. The van der Waals surface area contributed by atoms with E-state index in [0.717, 1.165) is 20.1 Å². The molecule has 0 fully saturated rings. The number of hydrogen-bond acceptors (Lipinski definition) is 5. The third-order valence-electron chi connectivity index (χ3n) is 2.09. The van der Waals surface area contributed by atoms with Gasteiger partial charge in [-0.1, -0.05) is 0 Å². The van der Waals surface area contributed by atoms with Gasteiger partial charge in [-0.05, 0) is 20.0 Å². The molecule has 8 heteroatoms. The molecule has 0 unspecified atom stereocenters. The smallest absolute Gasteiger partial charge is 0.326 e. The normalized spacial score (nSPS) is 11.4. The summed E-state index contributed by atoms with van der Waals surface area (Å²) in [4.78, 5) is 33.1. The second kappa shape index (κ2) is 9.23. The van der Waals surface area contributed by atoms with Crippen molar-refractivity contribution >= 4 is 18.0 Å². The van der Waals surface area contributed by atoms with Crippen LogP contribution in [-0.4, -0.2) is 56.4 Å². The third kappa shape index (κ3) is 7.44. The van der Waals surface area contributed by atoms with E-state index >= 15 is 0 Å². The molecule has 0 radical (unpaired) electrons. The fourth-order valence-electron chi connectivity index (χ4n) is 1.13. The molecular weight excluding hydrogens is 242 g/mol. The highest BCUT2D eigenvalue weighted by Crippen LogP contribution is 1.95. The lowest BCUT2D eigenvalue weighted by molar-refractivity contribution is -0.147. The number of methoxy groups -OCH3 is 1. The van der Waals surface area contributed by atoms with Gasteiger partial charge in [-0.25, -0.2) is 9.59 Å². The lowest BCUT2D eigenvalue weighted by Gasteiger charge is -2.14. The van der Waals surface area contributed by atoms with Gasteiger partial charge in [-0.15, -0.1) is 0 Å². The lowest BCUT2D eigenvalue weighted by Crippen LogP contribution is -2.47. The van der Waals surface area contributed by atoms with E-state index in [1.807, 2.05) is 0 Å². The van der Waals surface area contributed by atoms with Gasteiger partial charge in [0, 0.05) is 6.54 Å². The van der Waals surface area contributed by atoms with Gasteiger partial charge in [0.2, 0.25) is 0 Å². The third-order valence-corrected chi connectivity index (χ3v) is 2.09. The predicted octanol–water partition coefficient (Wildman–Crippen LogP) is -1.09. The molecule has 18 heavy (non-hydrogen) atoms. The summed E-state index contributed by atoms with van der Waals surface area (Å²) in [6.07, 6.45) is 0.314. The Balaban J connectivity index is 4.04. The molecule has 0 aromatic heterocycles. The molecule has 8 nitrogen and oxygen atoms in total. The summed E-state index contributed by atoms with van der Waals surface area (Å²) >= 11 is 0. The van der Waals surface area contributed by atoms with Crippen LogP contribution in [0.4, 0.5) is 4.79 Å². The van der Waals surface area contributed by atoms with Crippen LogP contribution in [0.3, 0.4) is 0 Å². The number of hydrogen-bond donors (Lipinski definition) is 4. The number of esters is 1. The summed E-state index contributed by atoms with van der Waals surface area (Å²) in [7, 11) is 2.94. The van der Waals surface area contributed by atoms with E-state index in [1.165, 1.54) is 0 Å². The van der Waals surface area contributed by atoms with Gasteiger partial charge in [0.1, 0.15) is 6.04 Å². The zero-order valence-corrected chi connectivity index (χ0v) is 10.5. The molecule has 0 aliphatic heterocycles. The Morgan fingerprint density at radius 3 is 2.44 bits per heavy atom. The number of carboxylic acids is 1. The van der Waals surface area contributed by atoms with Crippen LogP contribution in [0.5, 0.6) is 0 Å². The van der Waals surface area contributed by atoms with E-state index in [0.29, 0.717) is 6.54 Å². The lowest BCUT2D eigenvalue weighted by atomic mass is 10.2. The zero-order valence-electron chi connectivity index (χ0n) is 10.5. The Hall–Kier alpha value is -1.83. The summed E-state index contributed by atoms with van der Waals surface area (Å²) in [6.45, 7) is 1.15. The summed E-state index contributed by atoms with van der Waals surface area (Å²) < 4.78 is 4.34. The molecule has 0 heterocycles. The molecule has 0 rings (SSSR count). The van der Waals surface area contributed by atoms with Crippen molar-refractivity contribution in [3.8, 4) is 0 Å². The van der Waals surface area contributed by atoms with Crippen LogP contribution in [0, 0.1) is 0 Å². The molecule has 0 aliphatic carbocycles. The standard InChI is InChI=1S/C10H19N3O5/c1-11-4-3-5-12-10(17)13-7(9(15)16)6-8(14)18-2/h7,11H,3-6H2,1-2H3,(H,15,16)(H2,12,13,17)/t7-/m0/s1. The molecule has 4 N–H and O–H groups in total. The van der Waals surface area contributed by atoms with Crippen LogP contribution < -0.4 is 16.0 Å². The quantitative estimate of drug-likeness (QED) is 0.326. The second-order valence-corrected chi connectivity index (χ2v) is 3.53. The predicted molar refractivity (Wildman–Crippen MR) is 63.1 cm³/mol. The molecule has 0 saturated carbocycles. The van der Waals surface area contributed by atoms with Crippen molar-refractivity contribution in [1.29, 1.82) is 0 Å². The van der Waals surface area contributed by atoms with Crippen molar-refractivity contribution in [2.45, 2.75) is 18.9 Å². The Bertz CT molecular complexity index is 295. The molecule has 0 aromatic carbocycles. The summed E-state index contributed by atoms with van der Waals surface area (Å²) in [6, 6.07) is -1.91. The highest BCUT2D eigenvalue weighted by Gasteiger charge is 2.23.